The van der Waals surface area contributed by atoms with Crippen LogP contribution >= 0.6 is 0 Å². The van der Waals surface area contributed by atoms with Crippen molar-refractivity contribution in [2.45, 2.75) is 25.8 Å². The molecule has 0 radical (unpaired) electrons. The molecule has 0 amide bonds. The zero-order valence-corrected chi connectivity index (χ0v) is 20.9. The van der Waals surface area contributed by atoms with Gasteiger partial charge in [0.25, 0.3) is 0 Å². The molecule has 5 heterocycles. The molecule has 1 aromatic carbocycles. The fourth-order valence-corrected chi connectivity index (χ4v) is 5.73. The number of aryl methyl sites for hydroxylation is 2. The summed E-state index contributed by atoms with van der Waals surface area (Å²) in [7, 11) is 3.50. The third kappa shape index (κ3) is 3.85. The Balaban J connectivity index is 1.72. The average molecular weight is 504 g/mol. The molecule has 1 unspecified atom stereocenters. The van der Waals surface area contributed by atoms with Gasteiger partial charge in [-0.2, -0.15) is 0 Å². The van der Waals surface area contributed by atoms with Crippen molar-refractivity contribution in [2.24, 2.45) is 13.0 Å². The fraction of sp³-hybridized carbons (Fsp3) is 0.321. The minimum absolute atomic E-state index is 0.00384. The van der Waals surface area contributed by atoms with Crippen LogP contribution in [0.25, 0.3) is 33.2 Å². The first-order valence-electron chi connectivity index (χ1n) is 12.3. The zero-order chi connectivity index (χ0) is 25.7. The summed E-state index contributed by atoms with van der Waals surface area (Å²) in [4.78, 5) is 13.8. The number of benzene rings is 1. The van der Waals surface area contributed by atoms with E-state index in [4.69, 9.17) is 14.5 Å². The molecule has 6 rings (SSSR count). The van der Waals surface area contributed by atoms with Crippen molar-refractivity contribution in [3.05, 3.63) is 71.9 Å². The molecule has 0 N–H and O–H groups in total. The Labute approximate surface area is 212 Å². The van der Waals surface area contributed by atoms with E-state index in [9.17, 15) is 4.39 Å². The highest BCUT2D eigenvalue weighted by Gasteiger charge is 2.33. The Kier molecular flexibility index (Phi) is 5.87. The minimum atomic E-state index is -0.526. The SMILES string of the molecule is COc1nccc2c3ncc(-c4c(C)ncn4C)cc3n(C(c3cc(F)ccc3F)C3CCOCC3)c12. The predicted octanol–water partition coefficient (Wildman–Crippen LogP) is 5.60. The van der Waals surface area contributed by atoms with E-state index in [1.165, 1.54) is 12.1 Å². The first kappa shape index (κ1) is 23.5. The topological polar surface area (TPSA) is 67.0 Å². The van der Waals surface area contributed by atoms with Crippen molar-refractivity contribution < 1.29 is 18.3 Å². The molecular formula is C28H27F2N5O2. The van der Waals surface area contributed by atoms with Gasteiger partial charge < -0.3 is 18.6 Å². The number of hydrogen-bond donors (Lipinski definition) is 0. The maximum Gasteiger partial charge on any atom is 0.238 e. The molecule has 5 aromatic rings. The summed E-state index contributed by atoms with van der Waals surface area (Å²) < 4.78 is 45.4. The normalized spacial score (nSPS) is 15.5. The van der Waals surface area contributed by atoms with Gasteiger partial charge in [0.1, 0.15) is 17.2 Å². The number of pyridine rings is 2. The van der Waals surface area contributed by atoms with Crippen LogP contribution in [0.3, 0.4) is 0 Å². The van der Waals surface area contributed by atoms with Gasteiger partial charge in [-0.1, -0.05) is 0 Å². The van der Waals surface area contributed by atoms with E-state index in [0.717, 1.165) is 39.4 Å². The molecule has 0 saturated carbocycles. The first-order chi connectivity index (χ1) is 18.0. The molecular weight excluding hydrogens is 476 g/mol. The van der Waals surface area contributed by atoms with E-state index in [0.29, 0.717) is 43.0 Å². The van der Waals surface area contributed by atoms with E-state index in [1.807, 2.05) is 35.4 Å². The van der Waals surface area contributed by atoms with E-state index in [2.05, 4.69) is 16.0 Å². The maximum absolute atomic E-state index is 15.5. The largest absolute Gasteiger partial charge is 0.479 e. The van der Waals surface area contributed by atoms with Gasteiger partial charge in [0, 0.05) is 49.2 Å². The van der Waals surface area contributed by atoms with Crippen LogP contribution in [0.15, 0.2) is 49.1 Å². The summed E-state index contributed by atoms with van der Waals surface area (Å²) in [5.41, 5.74) is 5.22. The number of halogens is 2. The van der Waals surface area contributed by atoms with Crippen LogP contribution in [-0.2, 0) is 11.8 Å². The lowest BCUT2D eigenvalue weighted by Crippen LogP contribution is -2.27. The standard InChI is InChI=1S/C28H27F2N5O2/c1-16-25(34(2)15-33-16)18-12-23-24(32-14-18)20-6-9-31-28(36-3)27(20)35(23)26(17-7-10-37-11-8-17)21-13-19(29)4-5-22(21)30/h4-6,9,12-15,17,26H,7-8,10-11H2,1-3H3. The van der Waals surface area contributed by atoms with Gasteiger partial charge in [-0.05, 0) is 56.0 Å². The van der Waals surface area contributed by atoms with Gasteiger partial charge >= 0.3 is 0 Å². The fourth-order valence-electron chi connectivity index (χ4n) is 5.73. The molecule has 1 atom stereocenters. The van der Waals surface area contributed by atoms with Gasteiger partial charge in [-0.3, -0.25) is 4.98 Å². The van der Waals surface area contributed by atoms with Gasteiger partial charge in [-0.15, -0.1) is 0 Å². The number of nitrogens with zero attached hydrogens (tertiary/aromatic N) is 5. The van der Waals surface area contributed by atoms with E-state index in [1.54, 1.807) is 19.6 Å². The second-order valence-corrected chi connectivity index (χ2v) is 9.53. The monoisotopic (exact) mass is 503 g/mol. The Bertz CT molecular complexity index is 1600. The van der Waals surface area contributed by atoms with Gasteiger partial charge in [0.15, 0.2) is 0 Å². The number of fused-ring (bicyclic) bond motifs is 3. The molecule has 1 fully saturated rings. The van der Waals surface area contributed by atoms with Crippen molar-refractivity contribution in [1.82, 2.24) is 24.1 Å². The summed E-state index contributed by atoms with van der Waals surface area (Å²) in [6, 6.07) is 7.07. The molecule has 0 aliphatic carbocycles. The number of rotatable bonds is 5. The molecule has 1 saturated heterocycles. The summed E-state index contributed by atoms with van der Waals surface area (Å²) >= 11 is 0. The van der Waals surface area contributed by atoms with Crippen LogP contribution in [0.5, 0.6) is 5.88 Å². The van der Waals surface area contributed by atoms with E-state index in [-0.39, 0.29) is 5.92 Å². The zero-order valence-electron chi connectivity index (χ0n) is 20.9. The summed E-state index contributed by atoms with van der Waals surface area (Å²) in [6.07, 6.45) is 6.69. The molecule has 7 nitrogen and oxygen atoms in total. The number of aromatic nitrogens is 5. The van der Waals surface area contributed by atoms with Crippen LogP contribution in [0, 0.1) is 24.5 Å². The summed E-state index contributed by atoms with van der Waals surface area (Å²) in [5.74, 6) is -0.538. The van der Waals surface area contributed by atoms with Crippen LogP contribution in [-0.4, -0.2) is 44.4 Å². The molecule has 0 spiro atoms. The Hall–Kier alpha value is -3.85. The smallest absolute Gasteiger partial charge is 0.238 e. The van der Waals surface area contributed by atoms with Crippen molar-refractivity contribution in [3.8, 4) is 17.1 Å². The van der Waals surface area contributed by atoms with Crippen molar-refractivity contribution >= 4 is 21.9 Å². The Morgan fingerprint density at radius 1 is 1.08 bits per heavy atom. The Morgan fingerprint density at radius 2 is 1.89 bits per heavy atom. The third-order valence-electron chi connectivity index (χ3n) is 7.37. The molecule has 0 bridgehead atoms. The second-order valence-electron chi connectivity index (χ2n) is 9.53. The predicted molar refractivity (Wildman–Crippen MR) is 137 cm³/mol. The summed E-state index contributed by atoms with van der Waals surface area (Å²) in [5, 5.41) is 0.837. The van der Waals surface area contributed by atoms with Crippen LogP contribution in [0.2, 0.25) is 0 Å². The highest BCUT2D eigenvalue weighted by atomic mass is 19.1. The number of imidazole rings is 1. The van der Waals surface area contributed by atoms with Gasteiger partial charge in [-0.25, -0.2) is 18.7 Å². The second kappa shape index (κ2) is 9.23. The highest BCUT2D eigenvalue weighted by molar-refractivity contribution is 6.08. The Morgan fingerprint density at radius 3 is 2.62 bits per heavy atom. The first-order valence-corrected chi connectivity index (χ1v) is 12.3. The van der Waals surface area contributed by atoms with Crippen LogP contribution < -0.4 is 4.74 Å². The maximum atomic E-state index is 15.5. The molecule has 37 heavy (non-hydrogen) atoms. The minimum Gasteiger partial charge on any atom is -0.479 e. The quantitative estimate of drug-likeness (QED) is 0.313. The van der Waals surface area contributed by atoms with Crippen molar-refractivity contribution in [2.75, 3.05) is 20.3 Å². The molecule has 1 aliphatic rings. The lowest BCUT2D eigenvalue weighted by atomic mass is 9.86. The molecule has 9 heteroatoms. The molecule has 4 aromatic heterocycles. The van der Waals surface area contributed by atoms with E-state index >= 15 is 4.39 Å². The van der Waals surface area contributed by atoms with Gasteiger partial charge in [0.05, 0.1) is 41.9 Å². The lowest BCUT2D eigenvalue weighted by molar-refractivity contribution is 0.0547. The van der Waals surface area contributed by atoms with Gasteiger partial charge in [0.2, 0.25) is 5.88 Å². The van der Waals surface area contributed by atoms with Crippen molar-refractivity contribution in [3.63, 3.8) is 0 Å². The van der Waals surface area contributed by atoms with Crippen molar-refractivity contribution in [1.29, 1.82) is 0 Å². The summed E-state index contributed by atoms with van der Waals surface area (Å²) in [6.45, 7) is 3.07. The highest BCUT2D eigenvalue weighted by Crippen LogP contribution is 2.43. The number of hydrogen-bond acceptors (Lipinski definition) is 5. The van der Waals surface area contributed by atoms with E-state index < -0.39 is 17.7 Å². The van der Waals surface area contributed by atoms with Crippen LogP contribution in [0.1, 0.15) is 30.1 Å². The average Bonchev–Trinajstić information content (AvgIpc) is 3.42. The number of methoxy groups -OCH3 is 1. The van der Waals surface area contributed by atoms with Crippen LogP contribution in [0.4, 0.5) is 8.78 Å². The molecule has 1 aliphatic heterocycles. The number of ether oxygens (including phenoxy) is 2. The molecule has 190 valence electrons. The third-order valence-corrected chi connectivity index (χ3v) is 7.37. The lowest BCUT2D eigenvalue weighted by Gasteiger charge is -2.33.